The van der Waals surface area contributed by atoms with Gasteiger partial charge in [0.25, 0.3) is 0 Å². The van der Waals surface area contributed by atoms with Crippen LogP contribution in [0.5, 0.6) is 0 Å². The Morgan fingerprint density at radius 1 is 1.44 bits per heavy atom. The van der Waals surface area contributed by atoms with Crippen LogP contribution in [0, 0.1) is 0 Å². The van der Waals surface area contributed by atoms with Crippen LogP contribution in [0.25, 0.3) is 0 Å². The minimum Gasteiger partial charge on any atom is -0.366 e. The van der Waals surface area contributed by atoms with Crippen LogP contribution in [0.2, 0.25) is 0 Å². The van der Waals surface area contributed by atoms with Crippen molar-refractivity contribution in [2.75, 3.05) is 19.3 Å². The monoisotopic (exact) mass is 280 g/mol. The fourth-order valence-electron chi connectivity index (χ4n) is 2.34. The molecular weight excluding hydrogens is 260 g/mol. The molecule has 1 fully saturated rings. The molecule has 1 aliphatic rings. The van der Waals surface area contributed by atoms with Gasteiger partial charge in [0.05, 0.1) is 0 Å². The SMILES string of the molecule is CNC(=S)N1CCSC1c1ccccc1C(C)C. The topological polar surface area (TPSA) is 15.3 Å². The van der Waals surface area contributed by atoms with Gasteiger partial charge in [-0.1, -0.05) is 38.1 Å². The quantitative estimate of drug-likeness (QED) is 0.835. The van der Waals surface area contributed by atoms with E-state index in [9.17, 15) is 0 Å². The van der Waals surface area contributed by atoms with Gasteiger partial charge in [0, 0.05) is 19.3 Å². The Balaban J connectivity index is 2.33. The third-order valence-corrected chi connectivity index (χ3v) is 4.93. The molecule has 1 atom stereocenters. The second-order valence-corrected chi connectivity index (χ2v) is 6.33. The van der Waals surface area contributed by atoms with Crippen molar-refractivity contribution in [2.24, 2.45) is 0 Å². The van der Waals surface area contributed by atoms with E-state index in [-0.39, 0.29) is 0 Å². The van der Waals surface area contributed by atoms with Crippen LogP contribution in [0.15, 0.2) is 24.3 Å². The lowest BCUT2D eigenvalue weighted by atomic mass is 9.97. The summed E-state index contributed by atoms with van der Waals surface area (Å²) >= 11 is 7.38. The third kappa shape index (κ3) is 2.64. The Morgan fingerprint density at radius 2 is 2.17 bits per heavy atom. The smallest absolute Gasteiger partial charge is 0.169 e. The van der Waals surface area contributed by atoms with Gasteiger partial charge in [-0.05, 0) is 29.3 Å². The Labute approximate surface area is 119 Å². The van der Waals surface area contributed by atoms with E-state index in [1.807, 2.05) is 18.8 Å². The molecule has 1 saturated heterocycles. The predicted molar refractivity (Wildman–Crippen MR) is 84.1 cm³/mol. The van der Waals surface area contributed by atoms with E-state index in [4.69, 9.17) is 12.2 Å². The summed E-state index contributed by atoms with van der Waals surface area (Å²) in [6, 6.07) is 8.73. The number of nitrogens with zero attached hydrogens (tertiary/aromatic N) is 1. The van der Waals surface area contributed by atoms with E-state index in [1.165, 1.54) is 11.1 Å². The van der Waals surface area contributed by atoms with E-state index in [1.54, 1.807) is 0 Å². The number of rotatable bonds is 2. The Bertz CT molecular complexity index is 432. The van der Waals surface area contributed by atoms with Gasteiger partial charge in [-0.2, -0.15) is 0 Å². The summed E-state index contributed by atoms with van der Waals surface area (Å²) in [4.78, 5) is 2.29. The van der Waals surface area contributed by atoms with Crippen LogP contribution >= 0.6 is 24.0 Å². The molecule has 98 valence electrons. The first-order valence-corrected chi connectivity index (χ1v) is 7.79. The van der Waals surface area contributed by atoms with Crippen molar-refractivity contribution in [3.8, 4) is 0 Å². The van der Waals surface area contributed by atoms with Gasteiger partial charge >= 0.3 is 0 Å². The van der Waals surface area contributed by atoms with Gasteiger partial charge in [-0.15, -0.1) is 11.8 Å². The largest absolute Gasteiger partial charge is 0.366 e. The maximum Gasteiger partial charge on any atom is 0.169 e. The highest BCUT2D eigenvalue weighted by Gasteiger charge is 2.29. The second kappa shape index (κ2) is 5.93. The van der Waals surface area contributed by atoms with Crippen molar-refractivity contribution in [2.45, 2.75) is 25.1 Å². The zero-order valence-electron chi connectivity index (χ0n) is 11.1. The molecule has 18 heavy (non-hydrogen) atoms. The summed E-state index contributed by atoms with van der Waals surface area (Å²) in [6.07, 6.45) is 0. The van der Waals surface area contributed by atoms with Crippen molar-refractivity contribution in [1.82, 2.24) is 10.2 Å². The number of hydrogen-bond acceptors (Lipinski definition) is 2. The first kappa shape index (κ1) is 13.7. The van der Waals surface area contributed by atoms with Crippen molar-refractivity contribution >= 4 is 29.1 Å². The van der Waals surface area contributed by atoms with Crippen LogP contribution in [0.1, 0.15) is 36.3 Å². The van der Waals surface area contributed by atoms with Crippen LogP contribution in [-0.4, -0.2) is 29.4 Å². The van der Waals surface area contributed by atoms with E-state index >= 15 is 0 Å². The fraction of sp³-hybridized carbons (Fsp3) is 0.500. The number of thiocarbonyl (C=S) groups is 1. The molecule has 1 aliphatic heterocycles. The van der Waals surface area contributed by atoms with Gasteiger partial charge in [-0.3, -0.25) is 0 Å². The van der Waals surface area contributed by atoms with Gasteiger partial charge in [0.2, 0.25) is 0 Å². The molecule has 0 spiro atoms. The Hall–Kier alpha value is -0.740. The number of benzene rings is 1. The summed E-state index contributed by atoms with van der Waals surface area (Å²) in [6.45, 7) is 5.53. The molecule has 1 aromatic rings. The molecule has 0 saturated carbocycles. The lowest BCUT2D eigenvalue weighted by Crippen LogP contribution is -2.37. The molecular formula is C14H20N2S2. The molecule has 1 unspecified atom stereocenters. The fourth-order valence-corrected chi connectivity index (χ4v) is 3.91. The first-order chi connectivity index (χ1) is 8.65. The van der Waals surface area contributed by atoms with Crippen molar-refractivity contribution in [1.29, 1.82) is 0 Å². The maximum absolute atomic E-state index is 5.40. The molecule has 2 nitrogen and oxygen atoms in total. The minimum absolute atomic E-state index is 0.364. The summed E-state index contributed by atoms with van der Waals surface area (Å²) in [5, 5.41) is 4.31. The zero-order chi connectivity index (χ0) is 13.1. The molecule has 1 heterocycles. The molecule has 0 aliphatic carbocycles. The molecule has 2 rings (SSSR count). The zero-order valence-corrected chi connectivity index (χ0v) is 12.8. The number of nitrogens with one attached hydrogen (secondary N) is 1. The van der Waals surface area contributed by atoms with Crippen molar-refractivity contribution in [3.63, 3.8) is 0 Å². The minimum atomic E-state index is 0.364. The maximum atomic E-state index is 5.40. The number of hydrogen-bond donors (Lipinski definition) is 1. The predicted octanol–water partition coefficient (Wildman–Crippen LogP) is 3.36. The average Bonchev–Trinajstić information content (AvgIpc) is 2.86. The Kier molecular flexibility index (Phi) is 4.51. The highest BCUT2D eigenvalue weighted by atomic mass is 32.2. The van der Waals surface area contributed by atoms with Crippen LogP contribution in [-0.2, 0) is 0 Å². The van der Waals surface area contributed by atoms with E-state index in [0.717, 1.165) is 17.4 Å². The highest BCUT2D eigenvalue weighted by molar-refractivity contribution is 7.99. The van der Waals surface area contributed by atoms with Crippen LogP contribution < -0.4 is 5.32 Å². The van der Waals surface area contributed by atoms with Crippen molar-refractivity contribution < 1.29 is 0 Å². The third-order valence-electron chi connectivity index (χ3n) is 3.25. The van der Waals surface area contributed by atoms with Gasteiger partial charge in [0.15, 0.2) is 5.11 Å². The molecule has 0 aromatic heterocycles. The molecule has 1 aromatic carbocycles. The van der Waals surface area contributed by atoms with Crippen LogP contribution in [0.3, 0.4) is 0 Å². The summed E-state index contributed by atoms with van der Waals surface area (Å²) in [5.41, 5.74) is 2.84. The Morgan fingerprint density at radius 3 is 2.83 bits per heavy atom. The molecule has 0 amide bonds. The summed E-state index contributed by atoms with van der Waals surface area (Å²) < 4.78 is 0. The van der Waals surface area contributed by atoms with Gasteiger partial charge < -0.3 is 10.2 Å². The lowest BCUT2D eigenvalue weighted by Gasteiger charge is -2.28. The van der Waals surface area contributed by atoms with E-state index in [2.05, 4.69) is 48.3 Å². The second-order valence-electron chi connectivity index (χ2n) is 4.76. The average molecular weight is 280 g/mol. The molecule has 0 radical (unpaired) electrons. The molecule has 4 heteroatoms. The summed E-state index contributed by atoms with van der Waals surface area (Å²) in [7, 11) is 1.90. The highest BCUT2D eigenvalue weighted by Crippen LogP contribution is 2.40. The summed E-state index contributed by atoms with van der Waals surface area (Å²) in [5.74, 6) is 1.69. The van der Waals surface area contributed by atoms with Crippen LogP contribution in [0.4, 0.5) is 0 Å². The standard InChI is InChI=1S/C14H20N2S2/c1-10(2)11-6-4-5-7-12(11)13-16(8-9-18-13)14(17)15-3/h4-7,10,13H,8-9H2,1-3H3,(H,15,17). The first-order valence-electron chi connectivity index (χ1n) is 6.34. The molecule has 1 N–H and O–H groups in total. The lowest BCUT2D eigenvalue weighted by molar-refractivity contribution is 0.443. The van der Waals surface area contributed by atoms with Gasteiger partial charge in [-0.25, -0.2) is 0 Å². The van der Waals surface area contributed by atoms with E-state index < -0.39 is 0 Å². The van der Waals surface area contributed by atoms with Crippen molar-refractivity contribution in [3.05, 3.63) is 35.4 Å². The molecule has 0 bridgehead atoms. The van der Waals surface area contributed by atoms with Gasteiger partial charge in [0.1, 0.15) is 5.37 Å². The normalized spacial score (nSPS) is 19.3. The van der Waals surface area contributed by atoms with E-state index in [0.29, 0.717) is 11.3 Å². The number of thioether (sulfide) groups is 1.